The minimum Gasteiger partial charge on any atom is -0.464 e. The Morgan fingerprint density at radius 3 is 2.96 bits per heavy atom. The first kappa shape index (κ1) is 18.3. The summed E-state index contributed by atoms with van der Waals surface area (Å²) in [6.45, 7) is 2.37. The monoisotopic (exact) mass is 487 g/mol. The first-order valence-electron chi connectivity index (χ1n) is 8.61. The number of aromatic nitrogens is 2. The van der Waals surface area contributed by atoms with E-state index in [-0.39, 0.29) is 27.8 Å². The van der Waals surface area contributed by atoms with Gasteiger partial charge in [-0.2, -0.15) is 0 Å². The molecule has 3 heterocycles. The van der Waals surface area contributed by atoms with Crippen molar-refractivity contribution in [2.24, 2.45) is 0 Å². The van der Waals surface area contributed by atoms with Gasteiger partial charge in [-0.1, -0.05) is 0 Å². The van der Waals surface area contributed by atoms with Crippen LogP contribution in [-0.4, -0.2) is 32.9 Å². The van der Waals surface area contributed by atoms with Crippen molar-refractivity contribution in [3.8, 4) is 0 Å². The number of rotatable bonds is 4. The molecule has 1 aromatic heterocycles. The molecule has 0 saturated heterocycles. The quantitative estimate of drug-likeness (QED) is 0.378. The van der Waals surface area contributed by atoms with Crippen LogP contribution < -0.4 is 0 Å². The summed E-state index contributed by atoms with van der Waals surface area (Å²) in [5, 5.41) is 0. The summed E-state index contributed by atoms with van der Waals surface area (Å²) in [7, 11) is 0. The third-order valence-electron chi connectivity index (χ3n) is 4.95. The van der Waals surface area contributed by atoms with E-state index in [9.17, 15) is 18.4 Å². The zero-order chi connectivity index (χ0) is 19.3. The second-order valence-electron chi connectivity index (χ2n) is 6.47. The summed E-state index contributed by atoms with van der Waals surface area (Å²) >= 11 is 1.65. The van der Waals surface area contributed by atoms with Gasteiger partial charge in [0.2, 0.25) is 0 Å². The second-order valence-corrected chi connectivity index (χ2v) is 7.63. The van der Waals surface area contributed by atoms with E-state index >= 15 is 0 Å². The molecule has 0 spiro atoms. The Bertz CT molecular complexity index is 960. The Balaban J connectivity index is 1.80. The highest BCUT2D eigenvalue weighted by atomic mass is 127. The van der Waals surface area contributed by atoms with E-state index < -0.39 is 29.6 Å². The number of fused-ring (bicyclic) bond motifs is 2. The fourth-order valence-electron chi connectivity index (χ4n) is 3.75. The number of benzene rings is 1. The van der Waals surface area contributed by atoms with E-state index in [1.54, 1.807) is 35.8 Å². The minimum atomic E-state index is -1.13. The molecule has 0 bridgehead atoms. The largest absolute Gasteiger partial charge is 0.464 e. The topological polar surface area (TPSA) is 64.4 Å². The number of carbonyl (C=O) groups is 2. The number of esters is 1. The molecular formula is C18H16F2IN3O3. The fraction of sp³-hybridized carbons (Fsp3) is 0.389. The lowest BCUT2D eigenvalue weighted by molar-refractivity contribution is -0.149. The Kier molecular flexibility index (Phi) is 4.65. The van der Waals surface area contributed by atoms with Gasteiger partial charge in [0, 0.05) is 17.8 Å². The predicted molar refractivity (Wildman–Crippen MR) is 98.9 cm³/mol. The summed E-state index contributed by atoms with van der Waals surface area (Å²) in [6, 6.07) is -0.0743. The lowest BCUT2D eigenvalue weighted by Gasteiger charge is -2.25. The zero-order valence-corrected chi connectivity index (χ0v) is 16.6. The lowest BCUT2D eigenvalue weighted by Crippen LogP contribution is -2.36. The van der Waals surface area contributed by atoms with Crippen LogP contribution in [-0.2, 0) is 29.0 Å². The normalized spacial score (nSPS) is 16.4. The molecule has 6 nitrogen and oxygen atoms in total. The van der Waals surface area contributed by atoms with E-state index in [0.29, 0.717) is 5.69 Å². The molecule has 9 heteroatoms. The van der Waals surface area contributed by atoms with Crippen molar-refractivity contribution in [1.82, 2.24) is 14.5 Å². The van der Waals surface area contributed by atoms with Crippen LogP contribution in [0.4, 0.5) is 8.78 Å². The molecular weight excluding hydrogens is 471 g/mol. The number of halogens is 3. The molecule has 0 aliphatic carbocycles. The summed E-state index contributed by atoms with van der Waals surface area (Å²) in [5.74, 6) is -2.80. The van der Waals surface area contributed by atoms with Crippen LogP contribution >= 0.6 is 22.6 Å². The van der Waals surface area contributed by atoms with Crippen LogP contribution in [0.25, 0.3) is 0 Å². The van der Waals surface area contributed by atoms with Crippen LogP contribution in [0.5, 0.6) is 0 Å². The molecule has 2 aromatic rings. The molecule has 2 aliphatic heterocycles. The average Bonchev–Trinajstić information content (AvgIpc) is 3.30. The maximum absolute atomic E-state index is 14.5. The van der Waals surface area contributed by atoms with Crippen LogP contribution in [0.2, 0.25) is 0 Å². The highest BCUT2D eigenvalue weighted by molar-refractivity contribution is 14.1. The van der Waals surface area contributed by atoms with Crippen LogP contribution in [0, 0.1) is 15.2 Å². The SMILES string of the molecule is CCOC(=O)[C@@H](c1ncn2c1CCC2)N1Cc2c(F)cc(I)c(F)c2C1=O. The molecule has 4 rings (SSSR count). The van der Waals surface area contributed by atoms with Gasteiger partial charge in [0.05, 0.1) is 34.3 Å². The van der Waals surface area contributed by atoms with Gasteiger partial charge in [-0.05, 0) is 48.4 Å². The summed E-state index contributed by atoms with van der Waals surface area (Å²) in [6.07, 6.45) is 3.26. The first-order chi connectivity index (χ1) is 12.9. The first-order valence-corrected chi connectivity index (χ1v) is 9.69. The van der Waals surface area contributed by atoms with Gasteiger partial charge < -0.3 is 14.2 Å². The lowest BCUT2D eigenvalue weighted by atomic mass is 10.1. The van der Waals surface area contributed by atoms with E-state index in [1.165, 1.54) is 0 Å². The smallest absolute Gasteiger partial charge is 0.335 e. The Morgan fingerprint density at radius 1 is 1.44 bits per heavy atom. The third-order valence-corrected chi connectivity index (χ3v) is 5.73. The number of nitrogens with zero attached hydrogens (tertiary/aromatic N) is 3. The Morgan fingerprint density at radius 2 is 2.22 bits per heavy atom. The van der Waals surface area contributed by atoms with Gasteiger partial charge in [0.15, 0.2) is 6.04 Å². The standard InChI is InChI=1S/C18H16F2IN3O3/c1-2-27-18(26)16(15-12-4-3-5-23(12)8-22-15)24-7-9-10(19)6-11(21)14(20)13(9)17(24)25/h6,8,16H,2-5,7H2,1H3/t16-/m1/s1. The van der Waals surface area contributed by atoms with Gasteiger partial charge in [0.1, 0.15) is 11.6 Å². The Hall–Kier alpha value is -2.04. The molecule has 0 unspecified atom stereocenters. The summed E-state index contributed by atoms with van der Waals surface area (Å²) in [5.41, 5.74) is 0.919. The molecule has 1 atom stereocenters. The number of ether oxygens (including phenoxy) is 1. The van der Waals surface area contributed by atoms with E-state index in [1.807, 2.05) is 4.57 Å². The molecule has 0 fully saturated rings. The van der Waals surface area contributed by atoms with Crippen molar-refractivity contribution in [3.05, 3.63) is 50.1 Å². The van der Waals surface area contributed by atoms with Crippen molar-refractivity contribution in [2.75, 3.05) is 6.61 Å². The molecule has 0 saturated carbocycles. The Labute approximate surface area is 167 Å². The molecule has 2 aliphatic rings. The second kappa shape index (κ2) is 6.84. The van der Waals surface area contributed by atoms with Crippen molar-refractivity contribution in [3.63, 3.8) is 0 Å². The van der Waals surface area contributed by atoms with E-state index in [2.05, 4.69) is 4.98 Å². The molecule has 0 radical (unpaired) electrons. The number of hydrogen-bond donors (Lipinski definition) is 0. The van der Waals surface area contributed by atoms with Crippen LogP contribution in [0.1, 0.15) is 46.7 Å². The van der Waals surface area contributed by atoms with E-state index in [0.717, 1.165) is 36.0 Å². The van der Waals surface area contributed by atoms with Crippen LogP contribution in [0.3, 0.4) is 0 Å². The highest BCUT2D eigenvalue weighted by Gasteiger charge is 2.44. The molecule has 27 heavy (non-hydrogen) atoms. The van der Waals surface area contributed by atoms with Gasteiger partial charge in [-0.3, -0.25) is 4.79 Å². The number of amides is 1. The number of aryl methyl sites for hydroxylation is 1. The molecule has 1 aromatic carbocycles. The van der Waals surface area contributed by atoms with Gasteiger partial charge in [0.25, 0.3) is 5.91 Å². The summed E-state index contributed by atoms with van der Waals surface area (Å²) in [4.78, 5) is 31.1. The average molecular weight is 487 g/mol. The maximum Gasteiger partial charge on any atom is 0.335 e. The molecule has 1 amide bonds. The number of hydrogen-bond acceptors (Lipinski definition) is 4. The fourth-order valence-corrected chi connectivity index (χ4v) is 4.29. The number of imidazole rings is 1. The van der Waals surface area contributed by atoms with Gasteiger partial charge >= 0.3 is 5.97 Å². The van der Waals surface area contributed by atoms with Crippen molar-refractivity contribution in [2.45, 2.75) is 38.9 Å². The molecule has 0 N–H and O–H groups in total. The minimum absolute atomic E-state index is 0.0228. The van der Waals surface area contributed by atoms with Crippen LogP contribution in [0.15, 0.2) is 12.4 Å². The zero-order valence-electron chi connectivity index (χ0n) is 14.5. The van der Waals surface area contributed by atoms with Gasteiger partial charge in [-0.25, -0.2) is 18.6 Å². The highest BCUT2D eigenvalue weighted by Crippen LogP contribution is 2.37. The predicted octanol–water partition coefficient (Wildman–Crippen LogP) is 2.97. The summed E-state index contributed by atoms with van der Waals surface area (Å²) < 4.78 is 36.0. The van der Waals surface area contributed by atoms with Crippen molar-refractivity contribution in [1.29, 1.82) is 0 Å². The maximum atomic E-state index is 14.5. The van der Waals surface area contributed by atoms with Gasteiger partial charge in [-0.15, -0.1) is 0 Å². The van der Waals surface area contributed by atoms with E-state index in [4.69, 9.17) is 4.74 Å². The van der Waals surface area contributed by atoms with Crippen molar-refractivity contribution < 1.29 is 23.1 Å². The van der Waals surface area contributed by atoms with Crippen molar-refractivity contribution >= 4 is 34.5 Å². The molecule has 142 valence electrons. The number of carbonyl (C=O) groups excluding carboxylic acids is 2. The third kappa shape index (κ3) is 2.82.